The summed E-state index contributed by atoms with van der Waals surface area (Å²) in [6.45, 7) is 5.26. The summed E-state index contributed by atoms with van der Waals surface area (Å²) in [5.41, 5.74) is 0.918. The van der Waals surface area contributed by atoms with E-state index in [4.69, 9.17) is 9.47 Å². The van der Waals surface area contributed by atoms with Crippen LogP contribution in [0.2, 0.25) is 0 Å². The number of para-hydroxylation sites is 1. The Balaban J connectivity index is 2.00. The van der Waals surface area contributed by atoms with Crippen LogP contribution >= 0.6 is 0 Å². The average molecular weight is 427 g/mol. The van der Waals surface area contributed by atoms with Crippen LogP contribution in [0.4, 0.5) is 0 Å². The van der Waals surface area contributed by atoms with E-state index in [9.17, 15) is 9.59 Å². The molecule has 2 aromatic carbocycles. The van der Waals surface area contributed by atoms with Gasteiger partial charge in [-0.2, -0.15) is 0 Å². The largest absolute Gasteiger partial charge is 0.497 e. The SMILES string of the molecule is CCCCNC(=O)[C@H](C)N(Cc1cccc(OC)c1)C(=O)CCCOc1ccccc1. The molecule has 6 nitrogen and oxygen atoms in total. The molecule has 31 heavy (non-hydrogen) atoms. The highest BCUT2D eigenvalue weighted by molar-refractivity contribution is 5.87. The molecule has 0 spiro atoms. The zero-order chi connectivity index (χ0) is 22.5. The molecule has 0 unspecified atom stereocenters. The number of unbranched alkanes of at least 4 members (excludes halogenated alkanes) is 1. The normalized spacial score (nSPS) is 11.5. The van der Waals surface area contributed by atoms with Crippen molar-refractivity contribution in [1.82, 2.24) is 10.2 Å². The second-order valence-corrected chi connectivity index (χ2v) is 7.46. The topological polar surface area (TPSA) is 67.9 Å². The minimum atomic E-state index is -0.564. The zero-order valence-electron chi connectivity index (χ0n) is 18.8. The van der Waals surface area contributed by atoms with E-state index >= 15 is 0 Å². The van der Waals surface area contributed by atoms with Gasteiger partial charge in [0.1, 0.15) is 17.5 Å². The Morgan fingerprint density at radius 2 is 1.77 bits per heavy atom. The Labute approximate surface area is 185 Å². The summed E-state index contributed by atoms with van der Waals surface area (Å²) in [6.07, 6.45) is 2.80. The highest BCUT2D eigenvalue weighted by atomic mass is 16.5. The van der Waals surface area contributed by atoms with Crippen LogP contribution in [0.3, 0.4) is 0 Å². The van der Waals surface area contributed by atoms with Crippen LogP contribution in [0.5, 0.6) is 11.5 Å². The van der Waals surface area contributed by atoms with E-state index < -0.39 is 6.04 Å². The highest BCUT2D eigenvalue weighted by Gasteiger charge is 2.25. The third-order valence-electron chi connectivity index (χ3n) is 5.03. The first-order valence-corrected chi connectivity index (χ1v) is 10.9. The lowest BCUT2D eigenvalue weighted by Crippen LogP contribution is -2.47. The Bertz CT molecular complexity index is 810. The van der Waals surface area contributed by atoms with Crippen molar-refractivity contribution in [2.24, 2.45) is 0 Å². The van der Waals surface area contributed by atoms with Crippen molar-refractivity contribution in [1.29, 1.82) is 0 Å². The summed E-state index contributed by atoms with van der Waals surface area (Å²) in [6, 6.07) is 16.5. The van der Waals surface area contributed by atoms with Gasteiger partial charge in [0, 0.05) is 19.5 Å². The molecule has 0 saturated carbocycles. The number of methoxy groups -OCH3 is 1. The second kappa shape index (κ2) is 13.3. The monoisotopic (exact) mass is 426 g/mol. The van der Waals surface area contributed by atoms with Crippen LogP contribution in [-0.2, 0) is 16.1 Å². The lowest BCUT2D eigenvalue weighted by atomic mass is 10.1. The quantitative estimate of drug-likeness (QED) is 0.488. The number of hydrogen-bond donors (Lipinski definition) is 1. The smallest absolute Gasteiger partial charge is 0.242 e. The zero-order valence-corrected chi connectivity index (χ0v) is 18.8. The lowest BCUT2D eigenvalue weighted by molar-refractivity contribution is -0.140. The van der Waals surface area contributed by atoms with Crippen LogP contribution in [0.25, 0.3) is 0 Å². The van der Waals surface area contributed by atoms with E-state index in [2.05, 4.69) is 12.2 Å². The van der Waals surface area contributed by atoms with Gasteiger partial charge < -0.3 is 19.7 Å². The summed E-state index contributed by atoms with van der Waals surface area (Å²) in [5, 5.41) is 2.93. The number of nitrogens with zero attached hydrogens (tertiary/aromatic N) is 1. The molecule has 6 heteroatoms. The third-order valence-corrected chi connectivity index (χ3v) is 5.03. The number of amides is 2. The van der Waals surface area contributed by atoms with E-state index in [1.54, 1.807) is 18.9 Å². The fraction of sp³-hybridized carbons (Fsp3) is 0.440. The number of ether oxygens (including phenoxy) is 2. The number of benzene rings is 2. The predicted octanol–water partition coefficient (Wildman–Crippen LogP) is 4.19. The molecule has 0 aliphatic heterocycles. The molecular weight excluding hydrogens is 392 g/mol. The molecule has 0 aliphatic carbocycles. The predicted molar refractivity (Wildman–Crippen MR) is 122 cm³/mol. The summed E-state index contributed by atoms with van der Waals surface area (Å²) in [7, 11) is 1.61. The molecular formula is C25H34N2O4. The Kier molecular flexibility index (Phi) is 10.4. The van der Waals surface area contributed by atoms with Gasteiger partial charge in [0.05, 0.1) is 13.7 Å². The fourth-order valence-corrected chi connectivity index (χ4v) is 3.16. The first-order valence-electron chi connectivity index (χ1n) is 10.9. The summed E-state index contributed by atoms with van der Waals surface area (Å²) in [4.78, 5) is 27.3. The summed E-state index contributed by atoms with van der Waals surface area (Å²) >= 11 is 0. The molecule has 0 aromatic heterocycles. The van der Waals surface area contributed by atoms with Crippen molar-refractivity contribution in [3.05, 3.63) is 60.2 Å². The summed E-state index contributed by atoms with van der Waals surface area (Å²) < 4.78 is 11.0. The van der Waals surface area contributed by atoms with Crippen LogP contribution < -0.4 is 14.8 Å². The third kappa shape index (κ3) is 8.32. The standard InChI is InChI=1S/C25H34N2O4/c1-4-5-16-26-25(29)20(2)27(19-21-11-9-14-23(18-21)30-3)24(28)15-10-17-31-22-12-7-6-8-13-22/h6-9,11-14,18,20H,4-5,10,15-17,19H2,1-3H3,(H,26,29)/t20-/m0/s1. The molecule has 2 amide bonds. The first-order chi connectivity index (χ1) is 15.0. The molecule has 0 heterocycles. The molecule has 168 valence electrons. The molecule has 0 aliphatic rings. The molecule has 0 fully saturated rings. The van der Waals surface area contributed by atoms with Crippen molar-refractivity contribution in [3.63, 3.8) is 0 Å². The maximum atomic E-state index is 13.0. The maximum absolute atomic E-state index is 13.0. The Morgan fingerprint density at radius 1 is 1.03 bits per heavy atom. The van der Waals surface area contributed by atoms with E-state index in [0.717, 1.165) is 29.9 Å². The second-order valence-electron chi connectivity index (χ2n) is 7.46. The van der Waals surface area contributed by atoms with Gasteiger partial charge in [0.25, 0.3) is 0 Å². The minimum absolute atomic E-state index is 0.0716. The number of carbonyl (C=O) groups is 2. The van der Waals surface area contributed by atoms with Crippen molar-refractivity contribution in [3.8, 4) is 11.5 Å². The van der Waals surface area contributed by atoms with Gasteiger partial charge >= 0.3 is 0 Å². The van der Waals surface area contributed by atoms with E-state index in [-0.39, 0.29) is 11.8 Å². The fourth-order valence-electron chi connectivity index (χ4n) is 3.16. The van der Waals surface area contributed by atoms with Gasteiger partial charge in [-0.25, -0.2) is 0 Å². The lowest BCUT2D eigenvalue weighted by Gasteiger charge is -2.29. The molecule has 0 radical (unpaired) electrons. The van der Waals surface area contributed by atoms with Gasteiger partial charge in [-0.15, -0.1) is 0 Å². The van der Waals surface area contributed by atoms with Gasteiger partial charge in [-0.3, -0.25) is 9.59 Å². The molecule has 1 N–H and O–H groups in total. The van der Waals surface area contributed by atoms with Gasteiger partial charge in [0.2, 0.25) is 11.8 Å². The number of hydrogen-bond acceptors (Lipinski definition) is 4. The van der Waals surface area contributed by atoms with E-state index in [1.165, 1.54) is 0 Å². The average Bonchev–Trinajstić information content (AvgIpc) is 2.80. The first kappa shape index (κ1) is 24.3. The van der Waals surface area contributed by atoms with Crippen LogP contribution in [0, 0.1) is 0 Å². The number of rotatable bonds is 13. The van der Waals surface area contributed by atoms with Crippen molar-refractivity contribution in [2.45, 2.75) is 52.1 Å². The van der Waals surface area contributed by atoms with E-state index in [1.807, 2.05) is 54.6 Å². The molecule has 2 aromatic rings. The van der Waals surface area contributed by atoms with Gasteiger partial charge in [-0.1, -0.05) is 43.7 Å². The van der Waals surface area contributed by atoms with Crippen LogP contribution in [-0.4, -0.2) is 43.0 Å². The Hall–Kier alpha value is -3.02. The molecule has 0 bridgehead atoms. The van der Waals surface area contributed by atoms with Crippen LogP contribution in [0.1, 0.15) is 45.1 Å². The maximum Gasteiger partial charge on any atom is 0.242 e. The highest BCUT2D eigenvalue weighted by Crippen LogP contribution is 2.17. The molecule has 2 rings (SSSR count). The molecule has 0 saturated heterocycles. The van der Waals surface area contributed by atoms with Crippen LogP contribution in [0.15, 0.2) is 54.6 Å². The van der Waals surface area contributed by atoms with Gasteiger partial charge in [-0.05, 0) is 49.6 Å². The molecule has 1 atom stereocenters. The van der Waals surface area contributed by atoms with Gasteiger partial charge in [0.15, 0.2) is 0 Å². The van der Waals surface area contributed by atoms with Crippen molar-refractivity contribution >= 4 is 11.8 Å². The van der Waals surface area contributed by atoms with E-state index in [0.29, 0.717) is 32.5 Å². The van der Waals surface area contributed by atoms with Crippen molar-refractivity contribution < 1.29 is 19.1 Å². The minimum Gasteiger partial charge on any atom is -0.497 e. The summed E-state index contributed by atoms with van der Waals surface area (Å²) in [5.74, 6) is 1.30. The number of nitrogens with one attached hydrogen (secondary N) is 1. The number of carbonyl (C=O) groups excluding carboxylic acids is 2. The Morgan fingerprint density at radius 3 is 2.48 bits per heavy atom. The van der Waals surface area contributed by atoms with Crippen molar-refractivity contribution in [2.75, 3.05) is 20.3 Å².